The second kappa shape index (κ2) is 10.4. The summed E-state index contributed by atoms with van der Waals surface area (Å²) in [5.74, 6) is 0.489. The van der Waals surface area contributed by atoms with E-state index in [0.29, 0.717) is 18.2 Å². The molecule has 1 heterocycles. The molecule has 1 aromatic heterocycles. The van der Waals surface area contributed by atoms with Gasteiger partial charge in [0.05, 0.1) is 12.1 Å². The van der Waals surface area contributed by atoms with Crippen LogP contribution >= 0.6 is 11.6 Å². The van der Waals surface area contributed by atoms with Crippen molar-refractivity contribution in [3.05, 3.63) is 94.9 Å². The average Bonchev–Trinajstić information content (AvgIpc) is 2.77. The van der Waals surface area contributed by atoms with E-state index in [4.69, 9.17) is 16.3 Å². The fourth-order valence-electron chi connectivity index (χ4n) is 3.51. The van der Waals surface area contributed by atoms with Gasteiger partial charge >= 0.3 is 0 Å². The van der Waals surface area contributed by atoms with Crippen LogP contribution < -0.4 is 15.4 Å². The van der Waals surface area contributed by atoms with E-state index >= 15 is 0 Å². The largest absolute Gasteiger partial charge is 0.493 e. The van der Waals surface area contributed by atoms with Gasteiger partial charge in [0.15, 0.2) is 0 Å². The number of para-hydroxylation sites is 1. The second-order valence-corrected chi connectivity index (χ2v) is 8.00. The van der Waals surface area contributed by atoms with Crippen molar-refractivity contribution in [2.45, 2.75) is 19.9 Å². The number of aryl methyl sites for hydroxylation is 1. The van der Waals surface area contributed by atoms with Crippen LogP contribution in [-0.2, 0) is 6.54 Å². The Labute approximate surface area is 192 Å². The SMILES string of the molecule is Cc1cc(Nc2cccc(OCCCNCc3ccc(F)cc3Cl)c2)c2ccccc2n1. The van der Waals surface area contributed by atoms with Crippen molar-refractivity contribution >= 4 is 33.9 Å². The van der Waals surface area contributed by atoms with E-state index in [0.717, 1.165) is 52.3 Å². The number of nitrogens with one attached hydrogen (secondary N) is 2. The number of halogens is 2. The highest BCUT2D eigenvalue weighted by Crippen LogP contribution is 2.28. The van der Waals surface area contributed by atoms with Crippen LogP contribution in [0, 0.1) is 12.7 Å². The zero-order valence-electron chi connectivity index (χ0n) is 17.9. The average molecular weight is 450 g/mol. The molecule has 0 atom stereocenters. The maximum absolute atomic E-state index is 13.1. The third-order valence-electron chi connectivity index (χ3n) is 5.05. The molecule has 0 saturated heterocycles. The van der Waals surface area contributed by atoms with Gasteiger partial charge in [-0.25, -0.2) is 4.39 Å². The number of hydrogen-bond donors (Lipinski definition) is 2. The van der Waals surface area contributed by atoms with E-state index < -0.39 is 0 Å². The van der Waals surface area contributed by atoms with Crippen molar-refractivity contribution in [3.8, 4) is 5.75 Å². The molecule has 4 nitrogen and oxygen atoms in total. The molecule has 0 aliphatic heterocycles. The summed E-state index contributed by atoms with van der Waals surface area (Å²) in [6.45, 7) is 3.95. The maximum Gasteiger partial charge on any atom is 0.124 e. The first kappa shape index (κ1) is 22.1. The number of rotatable bonds is 9. The van der Waals surface area contributed by atoms with Crippen molar-refractivity contribution in [3.63, 3.8) is 0 Å². The molecule has 0 aliphatic carbocycles. The molecule has 0 saturated carbocycles. The van der Waals surface area contributed by atoms with Crippen LogP contribution in [0.15, 0.2) is 72.8 Å². The van der Waals surface area contributed by atoms with E-state index in [1.54, 1.807) is 6.07 Å². The van der Waals surface area contributed by atoms with Crippen LogP contribution in [0.3, 0.4) is 0 Å². The fourth-order valence-corrected chi connectivity index (χ4v) is 3.74. The van der Waals surface area contributed by atoms with Gasteiger partial charge in [-0.1, -0.05) is 41.9 Å². The third kappa shape index (κ3) is 5.75. The van der Waals surface area contributed by atoms with Crippen molar-refractivity contribution < 1.29 is 9.13 Å². The molecule has 2 N–H and O–H groups in total. The number of aromatic nitrogens is 1. The summed E-state index contributed by atoms with van der Waals surface area (Å²) in [6.07, 6.45) is 0.838. The Bertz CT molecular complexity index is 1210. The molecule has 32 heavy (non-hydrogen) atoms. The molecule has 0 spiro atoms. The first-order valence-electron chi connectivity index (χ1n) is 10.6. The van der Waals surface area contributed by atoms with E-state index in [9.17, 15) is 4.39 Å². The molecule has 4 aromatic rings. The second-order valence-electron chi connectivity index (χ2n) is 7.60. The Morgan fingerprint density at radius 2 is 1.88 bits per heavy atom. The van der Waals surface area contributed by atoms with E-state index in [-0.39, 0.29) is 5.82 Å². The summed E-state index contributed by atoms with van der Waals surface area (Å²) >= 11 is 6.05. The Morgan fingerprint density at radius 1 is 1.00 bits per heavy atom. The number of hydrogen-bond acceptors (Lipinski definition) is 4. The standard InChI is InChI=1S/C26H25ClFN3O/c1-18-14-26(23-8-2-3-9-25(23)30-18)31-21-6-4-7-22(16-21)32-13-5-12-29-17-19-10-11-20(28)15-24(19)27/h2-4,6-11,14-16,29H,5,12-13,17H2,1H3,(H,30,31). The van der Waals surface area contributed by atoms with Crippen LogP contribution in [-0.4, -0.2) is 18.1 Å². The molecule has 164 valence electrons. The number of benzene rings is 3. The number of fused-ring (bicyclic) bond motifs is 1. The van der Waals surface area contributed by atoms with E-state index in [1.165, 1.54) is 12.1 Å². The Balaban J connectivity index is 1.28. The van der Waals surface area contributed by atoms with Crippen LogP contribution in [0.25, 0.3) is 10.9 Å². The van der Waals surface area contributed by atoms with Gasteiger partial charge in [0.25, 0.3) is 0 Å². The van der Waals surface area contributed by atoms with Crippen molar-refractivity contribution in [2.24, 2.45) is 0 Å². The van der Waals surface area contributed by atoms with Crippen LogP contribution in [0.5, 0.6) is 5.75 Å². The third-order valence-corrected chi connectivity index (χ3v) is 5.41. The van der Waals surface area contributed by atoms with Gasteiger partial charge in [0, 0.05) is 40.1 Å². The highest BCUT2D eigenvalue weighted by atomic mass is 35.5. The number of nitrogens with zero attached hydrogens (tertiary/aromatic N) is 1. The Kier molecular flexibility index (Phi) is 7.20. The normalized spacial score (nSPS) is 11.0. The zero-order valence-corrected chi connectivity index (χ0v) is 18.6. The Morgan fingerprint density at radius 3 is 2.75 bits per heavy atom. The molecule has 4 rings (SSSR count). The van der Waals surface area contributed by atoms with Gasteiger partial charge in [-0.2, -0.15) is 0 Å². The highest BCUT2D eigenvalue weighted by molar-refractivity contribution is 6.31. The summed E-state index contributed by atoms with van der Waals surface area (Å²) in [6, 6.07) is 22.5. The van der Waals surface area contributed by atoms with Crippen LogP contribution in [0.4, 0.5) is 15.8 Å². The van der Waals surface area contributed by atoms with Crippen molar-refractivity contribution in [1.29, 1.82) is 0 Å². The van der Waals surface area contributed by atoms with Gasteiger partial charge in [0.2, 0.25) is 0 Å². The first-order valence-corrected chi connectivity index (χ1v) is 11.0. The lowest BCUT2D eigenvalue weighted by molar-refractivity contribution is 0.308. The first-order chi connectivity index (χ1) is 15.6. The number of anilines is 2. The molecular weight excluding hydrogens is 425 g/mol. The predicted octanol–water partition coefficient (Wildman–Crippen LogP) is 6.64. The van der Waals surface area contributed by atoms with E-state index in [2.05, 4.69) is 27.8 Å². The zero-order chi connectivity index (χ0) is 22.3. The van der Waals surface area contributed by atoms with Gasteiger partial charge in [-0.15, -0.1) is 0 Å². The van der Waals surface area contributed by atoms with E-state index in [1.807, 2.05) is 49.4 Å². The summed E-state index contributed by atoms with van der Waals surface area (Å²) in [5.41, 5.74) is 4.80. The molecule has 6 heteroatoms. The minimum absolute atomic E-state index is 0.323. The lowest BCUT2D eigenvalue weighted by Gasteiger charge is -2.13. The number of pyridine rings is 1. The molecule has 0 unspecified atom stereocenters. The molecule has 0 aliphatic rings. The van der Waals surface area contributed by atoms with Crippen molar-refractivity contribution in [1.82, 2.24) is 10.3 Å². The molecule has 0 radical (unpaired) electrons. The number of ether oxygens (including phenoxy) is 1. The minimum Gasteiger partial charge on any atom is -0.493 e. The van der Waals surface area contributed by atoms with Crippen LogP contribution in [0.2, 0.25) is 5.02 Å². The topological polar surface area (TPSA) is 46.2 Å². The lowest BCUT2D eigenvalue weighted by atomic mass is 10.1. The molecule has 3 aromatic carbocycles. The van der Waals surface area contributed by atoms with Gasteiger partial charge in [-0.05, 0) is 61.9 Å². The smallest absolute Gasteiger partial charge is 0.124 e. The monoisotopic (exact) mass is 449 g/mol. The molecule has 0 fully saturated rings. The predicted molar refractivity (Wildman–Crippen MR) is 129 cm³/mol. The molecular formula is C26H25ClFN3O. The van der Waals surface area contributed by atoms with Crippen LogP contribution in [0.1, 0.15) is 17.7 Å². The van der Waals surface area contributed by atoms with Gasteiger partial charge in [0.1, 0.15) is 11.6 Å². The lowest BCUT2D eigenvalue weighted by Crippen LogP contribution is -2.17. The summed E-state index contributed by atoms with van der Waals surface area (Å²) in [5, 5.41) is 8.32. The van der Waals surface area contributed by atoms with Gasteiger partial charge in [-0.3, -0.25) is 4.98 Å². The highest BCUT2D eigenvalue weighted by Gasteiger charge is 2.05. The fraction of sp³-hybridized carbons (Fsp3) is 0.192. The molecule has 0 amide bonds. The Hall–Kier alpha value is -3.15. The summed E-state index contributed by atoms with van der Waals surface area (Å²) in [7, 11) is 0. The van der Waals surface area contributed by atoms with Gasteiger partial charge < -0.3 is 15.4 Å². The summed E-state index contributed by atoms with van der Waals surface area (Å²) in [4.78, 5) is 4.59. The maximum atomic E-state index is 13.1. The summed E-state index contributed by atoms with van der Waals surface area (Å²) < 4.78 is 19.0. The quantitative estimate of drug-likeness (QED) is 0.281. The molecule has 0 bridgehead atoms. The van der Waals surface area contributed by atoms with Crippen molar-refractivity contribution in [2.75, 3.05) is 18.5 Å². The minimum atomic E-state index is -0.323.